The van der Waals surface area contributed by atoms with E-state index in [1.165, 1.54) is 48.9 Å². The van der Waals surface area contributed by atoms with Crippen LogP contribution >= 0.6 is 0 Å². The number of nitro benzene ring substituents is 1. The molecule has 3 aromatic carbocycles. The Bertz CT molecular complexity index is 2640. The number of likely N-dealkylation sites (tertiary alicyclic amines) is 1. The van der Waals surface area contributed by atoms with Gasteiger partial charge in [0.25, 0.3) is 21.6 Å². The van der Waals surface area contributed by atoms with Gasteiger partial charge < -0.3 is 25.0 Å². The first-order valence-corrected chi connectivity index (χ1v) is 24.3. The van der Waals surface area contributed by atoms with Gasteiger partial charge in [0, 0.05) is 61.1 Å². The third-order valence-electron chi connectivity index (χ3n) is 14.5. The molecule has 0 radical (unpaired) electrons. The van der Waals surface area contributed by atoms with Gasteiger partial charge in [-0.05, 0) is 142 Å². The highest BCUT2D eigenvalue weighted by molar-refractivity contribution is 7.90. The number of H-pyrrole nitrogens is 1. The zero-order chi connectivity index (χ0) is 44.8. The number of ether oxygens (including phenoxy) is 1. The van der Waals surface area contributed by atoms with Gasteiger partial charge in [0.15, 0.2) is 0 Å². The zero-order valence-corrected chi connectivity index (χ0v) is 37.7. The number of rotatable bonds is 13. The Morgan fingerprint density at radius 3 is 2.52 bits per heavy atom. The molecule has 338 valence electrons. The van der Waals surface area contributed by atoms with Gasteiger partial charge in [-0.3, -0.25) is 19.8 Å². The number of sulfonamides is 1. The van der Waals surface area contributed by atoms with Gasteiger partial charge in [-0.2, -0.15) is 0 Å². The highest BCUT2D eigenvalue weighted by atomic mass is 32.2. The molecule has 2 aliphatic heterocycles. The fourth-order valence-corrected chi connectivity index (χ4v) is 11.8. The molecule has 9 rings (SSSR count). The van der Waals surface area contributed by atoms with Crippen molar-refractivity contribution < 1.29 is 28.0 Å². The molecule has 64 heavy (non-hydrogen) atoms. The molecule has 1 amide bonds. The second kappa shape index (κ2) is 17.5. The number of nitrogens with one attached hydrogen (secondary N) is 3. The Kier molecular flexibility index (Phi) is 11.9. The predicted molar refractivity (Wildman–Crippen MR) is 248 cm³/mol. The number of hydrogen-bond acceptors (Lipinski definition) is 11. The van der Waals surface area contributed by atoms with E-state index in [0.717, 1.165) is 62.5 Å². The molecule has 4 aliphatic rings. The Morgan fingerprint density at radius 2 is 1.77 bits per heavy atom. The molecule has 2 saturated carbocycles. The molecule has 0 bridgehead atoms. The second-order valence-corrected chi connectivity index (χ2v) is 21.0. The summed E-state index contributed by atoms with van der Waals surface area (Å²) in [5.41, 5.74) is 3.82. The number of amides is 1. The number of fused-ring (bicyclic) bond motifs is 1. The highest BCUT2D eigenvalue weighted by Crippen LogP contribution is 2.54. The zero-order valence-electron chi connectivity index (χ0n) is 36.9. The summed E-state index contributed by atoms with van der Waals surface area (Å²) >= 11 is 0. The Balaban J connectivity index is 0.895. The smallest absolute Gasteiger partial charge is 0.293 e. The van der Waals surface area contributed by atoms with Crippen LogP contribution in [0.25, 0.3) is 11.0 Å². The van der Waals surface area contributed by atoms with Crippen molar-refractivity contribution in [2.45, 2.75) is 113 Å². The van der Waals surface area contributed by atoms with E-state index in [9.17, 15) is 28.4 Å². The fraction of sp³-hybridized carbons (Fsp3) is 0.469. The maximum absolute atomic E-state index is 14.0. The van der Waals surface area contributed by atoms with E-state index in [1.807, 2.05) is 19.1 Å². The van der Waals surface area contributed by atoms with Crippen molar-refractivity contribution in [1.29, 1.82) is 0 Å². The largest absolute Gasteiger partial charge is 0.455 e. The van der Waals surface area contributed by atoms with Crippen molar-refractivity contribution in [3.8, 4) is 11.5 Å². The standard InChI is InChI=1S/C49H59N7O7S/c1-32(2)39-7-4-5-8-40(39)43-9-6-22-55(43)36-28-49(29-36)19-23-54(24-20-49)35-10-12-41(45(26-35)63-37-25-34-16-21-50-46(34)52-31-37)47(57)53-64(61,62)38-11-13-42(44(27-38)56(59)60)51-30-33-14-17-48(3,58)18-15-33/h4-5,7-8,10-13,16,21,25-27,31-33,36,43,51,58H,6,9,14-15,17-20,22-24,28-30H2,1-3H3,(H,50,52)(H,53,57)/t33?,43-,48?/m1/s1. The van der Waals surface area contributed by atoms with Gasteiger partial charge in [-0.25, -0.2) is 18.1 Å². The van der Waals surface area contributed by atoms with Crippen molar-refractivity contribution in [2.75, 3.05) is 36.4 Å². The van der Waals surface area contributed by atoms with Crippen LogP contribution in [0.2, 0.25) is 0 Å². The predicted octanol–water partition coefficient (Wildman–Crippen LogP) is 9.44. The molecule has 15 heteroatoms. The molecule has 1 spiro atoms. The molecule has 2 aromatic heterocycles. The van der Waals surface area contributed by atoms with Gasteiger partial charge in [0.2, 0.25) is 0 Å². The number of aromatic amines is 1. The van der Waals surface area contributed by atoms with Crippen LogP contribution in [-0.2, 0) is 10.0 Å². The van der Waals surface area contributed by atoms with Crippen molar-refractivity contribution in [3.63, 3.8) is 0 Å². The summed E-state index contributed by atoms with van der Waals surface area (Å²) in [7, 11) is -4.56. The Hall–Kier alpha value is -5.51. The lowest BCUT2D eigenvalue weighted by molar-refractivity contribution is -0.384. The SMILES string of the molecule is CC(C)c1ccccc1[C@H]1CCCN1C1CC2(CCN(c3ccc(C(=O)NS(=O)(=O)c4ccc(NCC5CCC(C)(O)CC5)c([N+](=O)[O-])c4)c(Oc4cnc5[nH]ccc5c4)c3)CC2)C1. The van der Waals surface area contributed by atoms with E-state index in [0.29, 0.717) is 54.2 Å². The van der Waals surface area contributed by atoms with Gasteiger partial charge in [-0.15, -0.1) is 0 Å². The summed E-state index contributed by atoms with van der Waals surface area (Å²) in [5.74, 6) is 0.285. The minimum Gasteiger partial charge on any atom is -0.455 e. The molecule has 4 N–H and O–H groups in total. The number of nitro groups is 1. The summed E-state index contributed by atoms with van der Waals surface area (Å²) in [6.07, 6.45) is 13.1. The molecule has 4 fully saturated rings. The quantitative estimate of drug-likeness (QED) is 0.0653. The van der Waals surface area contributed by atoms with E-state index in [1.54, 1.807) is 30.6 Å². The maximum Gasteiger partial charge on any atom is 0.293 e. The number of piperidine rings is 1. The van der Waals surface area contributed by atoms with E-state index in [4.69, 9.17) is 4.74 Å². The van der Waals surface area contributed by atoms with Gasteiger partial charge >= 0.3 is 0 Å². The van der Waals surface area contributed by atoms with Crippen LogP contribution in [0.3, 0.4) is 0 Å². The summed E-state index contributed by atoms with van der Waals surface area (Å²) in [6.45, 7) is 9.66. The number of carbonyl (C=O) groups excluding carboxylic acids is 1. The number of aromatic nitrogens is 2. The van der Waals surface area contributed by atoms with Crippen LogP contribution in [0, 0.1) is 21.4 Å². The number of pyridine rings is 1. The maximum atomic E-state index is 14.0. The third kappa shape index (κ3) is 9.07. The van der Waals surface area contributed by atoms with Gasteiger partial charge in [0.05, 0.1) is 27.2 Å². The molecule has 2 saturated heterocycles. The Labute approximate surface area is 375 Å². The van der Waals surface area contributed by atoms with E-state index in [2.05, 4.69) is 67.9 Å². The molecular formula is C49H59N7O7S. The number of nitrogens with zero attached hydrogens (tertiary/aromatic N) is 4. The van der Waals surface area contributed by atoms with Crippen molar-refractivity contribution in [3.05, 3.63) is 112 Å². The minimum atomic E-state index is -4.56. The van der Waals surface area contributed by atoms with Gasteiger partial charge in [0.1, 0.15) is 22.8 Å². The average molecular weight is 890 g/mol. The van der Waals surface area contributed by atoms with Crippen LogP contribution in [0.1, 0.15) is 118 Å². The third-order valence-corrected chi connectivity index (χ3v) is 15.9. The number of benzene rings is 3. The first kappa shape index (κ1) is 43.7. The second-order valence-electron chi connectivity index (χ2n) is 19.3. The van der Waals surface area contributed by atoms with Gasteiger partial charge in [-0.1, -0.05) is 38.1 Å². The summed E-state index contributed by atoms with van der Waals surface area (Å²) in [5, 5.41) is 26.4. The van der Waals surface area contributed by atoms with E-state index < -0.39 is 37.0 Å². The molecule has 4 heterocycles. The number of hydrogen-bond donors (Lipinski definition) is 4. The molecule has 2 aliphatic carbocycles. The highest BCUT2D eigenvalue weighted by Gasteiger charge is 2.50. The summed E-state index contributed by atoms with van der Waals surface area (Å²) in [4.78, 5) is 37.7. The first-order chi connectivity index (χ1) is 30.7. The number of aliphatic hydroxyl groups is 1. The van der Waals surface area contributed by atoms with Crippen molar-refractivity contribution in [1.82, 2.24) is 19.6 Å². The normalized spacial score (nSPS) is 22.7. The Morgan fingerprint density at radius 1 is 1.00 bits per heavy atom. The fourth-order valence-electron chi connectivity index (χ4n) is 10.8. The van der Waals surface area contributed by atoms with Crippen molar-refractivity contribution in [2.24, 2.45) is 11.3 Å². The topological polar surface area (TPSA) is 183 Å². The van der Waals surface area contributed by atoms with E-state index in [-0.39, 0.29) is 22.9 Å². The van der Waals surface area contributed by atoms with Crippen LogP contribution in [0.4, 0.5) is 17.1 Å². The van der Waals surface area contributed by atoms with Crippen LogP contribution < -0.4 is 19.7 Å². The lowest BCUT2D eigenvalue weighted by Crippen LogP contribution is -2.54. The average Bonchev–Trinajstić information content (AvgIpc) is 3.95. The minimum absolute atomic E-state index is 0.0183. The first-order valence-electron chi connectivity index (χ1n) is 22.8. The van der Waals surface area contributed by atoms with E-state index >= 15 is 0 Å². The van der Waals surface area contributed by atoms with Crippen LogP contribution in [0.15, 0.2) is 90.1 Å². The number of carbonyl (C=O) groups is 1. The summed E-state index contributed by atoms with van der Waals surface area (Å²) in [6, 6.07) is 22.4. The summed E-state index contributed by atoms with van der Waals surface area (Å²) < 4.78 is 36.0. The lowest BCUT2D eigenvalue weighted by Gasteiger charge is -2.56. The van der Waals surface area contributed by atoms with Crippen LogP contribution in [0.5, 0.6) is 11.5 Å². The number of anilines is 2. The van der Waals surface area contributed by atoms with Crippen LogP contribution in [-0.4, -0.2) is 77.0 Å². The molecule has 5 aromatic rings. The molecule has 0 unspecified atom stereocenters. The molecular weight excluding hydrogens is 831 g/mol. The molecule has 14 nitrogen and oxygen atoms in total. The monoisotopic (exact) mass is 889 g/mol. The van der Waals surface area contributed by atoms with Crippen molar-refractivity contribution >= 4 is 44.0 Å². The lowest BCUT2D eigenvalue weighted by atomic mass is 9.59. The molecule has 1 atom stereocenters.